The van der Waals surface area contributed by atoms with Crippen LogP contribution in [0.2, 0.25) is 0 Å². The maximum atomic E-state index is 12.5. The van der Waals surface area contributed by atoms with Gasteiger partial charge in [0.25, 0.3) is 0 Å². The van der Waals surface area contributed by atoms with E-state index in [9.17, 15) is 4.79 Å². The number of carbonyl (C=O) groups is 1. The van der Waals surface area contributed by atoms with E-state index in [1.54, 1.807) is 19.3 Å². The summed E-state index contributed by atoms with van der Waals surface area (Å²) in [5, 5.41) is 7.02. The number of nitrogens with one attached hydrogen (secondary N) is 1. The Kier molecular flexibility index (Phi) is 6.05. The fourth-order valence-corrected chi connectivity index (χ4v) is 3.27. The molecule has 0 aliphatic carbocycles. The van der Waals surface area contributed by atoms with Crippen LogP contribution in [-0.2, 0) is 11.3 Å². The molecule has 2 aromatic rings. The van der Waals surface area contributed by atoms with Crippen molar-refractivity contribution >= 4 is 27.9 Å². The maximum absolute atomic E-state index is 12.5. The van der Waals surface area contributed by atoms with Gasteiger partial charge in [0.05, 0.1) is 13.7 Å². The summed E-state index contributed by atoms with van der Waals surface area (Å²) < 4.78 is 6.28. The van der Waals surface area contributed by atoms with Crippen LogP contribution in [0.5, 0.6) is 5.75 Å². The monoisotopic (exact) mass is 419 g/mol. The van der Waals surface area contributed by atoms with Crippen molar-refractivity contribution in [3.05, 3.63) is 46.0 Å². The lowest BCUT2D eigenvalue weighted by atomic mass is 10.2. The first kappa shape index (κ1) is 18.6. The molecule has 0 saturated carbocycles. The van der Waals surface area contributed by atoms with Gasteiger partial charge >= 0.3 is 0 Å². The van der Waals surface area contributed by atoms with Gasteiger partial charge in [0, 0.05) is 42.3 Å². The van der Waals surface area contributed by atoms with Crippen molar-refractivity contribution in [2.45, 2.75) is 13.5 Å². The summed E-state index contributed by atoms with van der Waals surface area (Å²) in [6.45, 7) is 5.61. The van der Waals surface area contributed by atoms with Gasteiger partial charge in [-0.05, 0) is 31.2 Å². The molecule has 7 nitrogen and oxygen atoms in total. The highest BCUT2D eigenvalue weighted by Gasteiger charge is 2.20. The number of carbonyl (C=O) groups excluding carboxylic acids is 1. The van der Waals surface area contributed by atoms with Crippen LogP contribution < -0.4 is 4.74 Å². The van der Waals surface area contributed by atoms with Crippen molar-refractivity contribution < 1.29 is 9.53 Å². The number of ether oxygens (including phenoxy) is 1. The van der Waals surface area contributed by atoms with Gasteiger partial charge in [-0.15, -0.1) is 0 Å². The Labute approximate surface area is 161 Å². The van der Waals surface area contributed by atoms with E-state index in [-0.39, 0.29) is 5.91 Å². The third-order valence-electron chi connectivity index (χ3n) is 4.29. The van der Waals surface area contributed by atoms with Crippen LogP contribution in [0.1, 0.15) is 17.2 Å². The molecule has 1 saturated heterocycles. The molecule has 0 unspecified atom stereocenters. The Bertz CT molecular complexity index is 797. The molecule has 0 bridgehead atoms. The second kappa shape index (κ2) is 8.46. The summed E-state index contributed by atoms with van der Waals surface area (Å²) >= 11 is 3.44. The summed E-state index contributed by atoms with van der Waals surface area (Å²) in [6, 6.07) is 5.71. The van der Waals surface area contributed by atoms with E-state index in [0.29, 0.717) is 19.6 Å². The highest BCUT2D eigenvalue weighted by atomic mass is 79.9. The molecule has 0 atom stereocenters. The van der Waals surface area contributed by atoms with Gasteiger partial charge in [-0.1, -0.05) is 15.9 Å². The molecule has 1 aromatic heterocycles. The Morgan fingerprint density at radius 1 is 1.35 bits per heavy atom. The second-order valence-electron chi connectivity index (χ2n) is 6.16. The van der Waals surface area contributed by atoms with Gasteiger partial charge in [-0.2, -0.15) is 5.10 Å². The SMILES string of the molecule is COc1ccc(Br)cc1/C=C/C(=O)N1CCN(Cc2n[nH]c(C)n2)CC1. The molecule has 1 fully saturated rings. The minimum Gasteiger partial charge on any atom is -0.496 e. The predicted octanol–water partition coefficient (Wildman–Crippen LogP) is 2.24. The number of H-pyrrole nitrogens is 1. The van der Waals surface area contributed by atoms with E-state index >= 15 is 0 Å². The number of nitrogens with zero attached hydrogens (tertiary/aromatic N) is 4. The summed E-state index contributed by atoms with van der Waals surface area (Å²) in [4.78, 5) is 20.9. The number of methoxy groups -OCH3 is 1. The minimum atomic E-state index is 0.0143. The largest absolute Gasteiger partial charge is 0.496 e. The van der Waals surface area contributed by atoms with Crippen molar-refractivity contribution in [1.29, 1.82) is 0 Å². The molecule has 1 aliphatic rings. The van der Waals surface area contributed by atoms with Crippen molar-refractivity contribution in [2.24, 2.45) is 0 Å². The fourth-order valence-electron chi connectivity index (χ4n) is 2.89. The zero-order chi connectivity index (χ0) is 18.5. The minimum absolute atomic E-state index is 0.0143. The second-order valence-corrected chi connectivity index (χ2v) is 7.07. The van der Waals surface area contributed by atoms with Gasteiger partial charge in [-0.25, -0.2) is 4.98 Å². The maximum Gasteiger partial charge on any atom is 0.246 e. The van der Waals surface area contributed by atoms with Gasteiger partial charge in [0.2, 0.25) is 5.91 Å². The smallest absolute Gasteiger partial charge is 0.246 e. The number of benzene rings is 1. The number of rotatable bonds is 5. The number of aromatic nitrogens is 3. The average molecular weight is 420 g/mol. The van der Waals surface area contributed by atoms with Crippen LogP contribution in [0.25, 0.3) is 6.08 Å². The zero-order valence-corrected chi connectivity index (χ0v) is 16.5. The van der Waals surface area contributed by atoms with E-state index in [4.69, 9.17) is 4.74 Å². The topological polar surface area (TPSA) is 74.3 Å². The molecule has 0 radical (unpaired) electrons. The Morgan fingerprint density at radius 2 is 2.12 bits per heavy atom. The first-order chi connectivity index (χ1) is 12.5. The third kappa shape index (κ3) is 4.70. The molecule has 1 aromatic carbocycles. The molecule has 1 aliphatic heterocycles. The Balaban J connectivity index is 1.54. The molecule has 0 spiro atoms. The third-order valence-corrected chi connectivity index (χ3v) is 4.78. The molecule has 3 rings (SSSR count). The molecule has 8 heteroatoms. The quantitative estimate of drug-likeness (QED) is 0.752. The van der Waals surface area contributed by atoms with Gasteiger partial charge in [0.1, 0.15) is 11.6 Å². The Hall–Kier alpha value is -2.19. The summed E-state index contributed by atoms with van der Waals surface area (Å²) in [5.41, 5.74) is 0.869. The van der Waals surface area contributed by atoms with Crippen molar-refractivity contribution in [3.63, 3.8) is 0 Å². The molecule has 138 valence electrons. The van der Waals surface area contributed by atoms with E-state index < -0.39 is 0 Å². The molecule has 1 amide bonds. The summed E-state index contributed by atoms with van der Waals surface area (Å²) in [5.74, 6) is 2.37. The first-order valence-corrected chi connectivity index (χ1v) is 9.25. The standard InChI is InChI=1S/C18H22BrN5O2/c1-13-20-17(22-21-13)12-23-7-9-24(10-8-23)18(25)6-3-14-11-15(19)4-5-16(14)26-2/h3-6,11H,7-10,12H2,1-2H3,(H,20,21,22)/b6-3+. The number of hydrogen-bond acceptors (Lipinski definition) is 5. The molecular formula is C18H22BrN5O2. The fraction of sp³-hybridized carbons (Fsp3) is 0.389. The van der Waals surface area contributed by atoms with Gasteiger partial charge in [0.15, 0.2) is 5.82 Å². The van der Waals surface area contributed by atoms with Gasteiger partial charge in [-0.3, -0.25) is 14.8 Å². The first-order valence-electron chi connectivity index (χ1n) is 8.46. The van der Waals surface area contributed by atoms with Crippen molar-refractivity contribution in [1.82, 2.24) is 25.0 Å². The van der Waals surface area contributed by atoms with E-state index in [1.807, 2.05) is 30.0 Å². The zero-order valence-electron chi connectivity index (χ0n) is 14.9. The normalized spacial score (nSPS) is 15.6. The number of aromatic amines is 1. The van der Waals surface area contributed by atoms with Crippen LogP contribution >= 0.6 is 15.9 Å². The molecule has 2 heterocycles. The van der Waals surface area contributed by atoms with E-state index in [0.717, 1.165) is 40.5 Å². The van der Waals surface area contributed by atoms with Crippen LogP contribution in [-0.4, -0.2) is 64.2 Å². The van der Waals surface area contributed by atoms with Crippen LogP contribution in [0.3, 0.4) is 0 Å². The summed E-state index contributed by atoms with van der Waals surface area (Å²) in [6.07, 6.45) is 3.41. The number of piperazine rings is 1. The highest BCUT2D eigenvalue weighted by Crippen LogP contribution is 2.24. The Morgan fingerprint density at radius 3 is 2.77 bits per heavy atom. The highest BCUT2D eigenvalue weighted by molar-refractivity contribution is 9.10. The summed E-state index contributed by atoms with van der Waals surface area (Å²) in [7, 11) is 1.62. The van der Waals surface area contributed by atoms with Crippen molar-refractivity contribution in [3.8, 4) is 5.75 Å². The van der Waals surface area contributed by atoms with Crippen LogP contribution in [0.15, 0.2) is 28.7 Å². The van der Waals surface area contributed by atoms with E-state index in [1.165, 1.54) is 0 Å². The van der Waals surface area contributed by atoms with E-state index in [2.05, 4.69) is 36.0 Å². The average Bonchev–Trinajstić information content (AvgIpc) is 3.05. The molecule has 26 heavy (non-hydrogen) atoms. The van der Waals surface area contributed by atoms with Crippen molar-refractivity contribution in [2.75, 3.05) is 33.3 Å². The number of hydrogen-bond donors (Lipinski definition) is 1. The van der Waals surface area contributed by atoms with Gasteiger partial charge < -0.3 is 9.64 Å². The van der Waals surface area contributed by atoms with Crippen LogP contribution in [0, 0.1) is 6.92 Å². The molecule has 1 N–H and O–H groups in total. The molecular weight excluding hydrogens is 398 g/mol. The lowest BCUT2D eigenvalue weighted by Crippen LogP contribution is -2.47. The lowest BCUT2D eigenvalue weighted by molar-refractivity contribution is -0.127. The number of halogens is 1. The number of amides is 1. The van der Waals surface area contributed by atoms with Crippen LogP contribution in [0.4, 0.5) is 0 Å². The predicted molar refractivity (Wildman–Crippen MR) is 103 cm³/mol. The number of aryl methyl sites for hydroxylation is 1. The lowest BCUT2D eigenvalue weighted by Gasteiger charge is -2.33.